The summed E-state index contributed by atoms with van der Waals surface area (Å²) in [6.45, 7) is 0.162. The largest absolute Gasteiger partial charge is 0.324 e. The quantitative estimate of drug-likeness (QED) is 0.709. The van der Waals surface area contributed by atoms with Gasteiger partial charge in [-0.15, -0.1) is 0 Å². The van der Waals surface area contributed by atoms with Gasteiger partial charge in [0.1, 0.15) is 5.82 Å². The normalized spacial score (nSPS) is 11.0. The fourth-order valence-corrected chi connectivity index (χ4v) is 1.51. The van der Waals surface area contributed by atoms with Crippen molar-refractivity contribution in [1.29, 1.82) is 0 Å². The minimum Gasteiger partial charge on any atom is -0.324 e. The summed E-state index contributed by atoms with van der Waals surface area (Å²) in [6.07, 6.45) is 0. The second-order valence-corrected chi connectivity index (χ2v) is 2.95. The van der Waals surface area contributed by atoms with Gasteiger partial charge in [-0.3, -0.25) is 4.40 Å². The number of aromatic nitrogens is 2. The van der Waals surface area contributed by atoms with Gasteiger partial charge in [-0.2, -0.15) is 4.39 Å². The van der Waals surface area contributed by atoms with E-state index in [2.05, 4.69) is 4.98 Å². The van der Waals surface area contributed by atoms with Gasteiger partial charge in [0.25, 0.3) is 0 Å². The molecule has 68 valence electrons. The van der Waals surface area contributed by atoms with Crippen LogP contribution >= 0.6 is 11.6 Å². The van der Waals surface area contributed by atoms with E-state index in [-0.39, 0.29) is 11.7 Å². The smallest absolute Gasteiger partial charge is 0.199 e. The zero-order valence-corrected chi connectivity index (χ0v) is 7.42. The zero-order valence-electron chi connectivity index (χ0n) is 6.67. The van der Waals surface area contributed by atoms with Gasteiger partial charge in [0, 0.05) is 0 Å². The molecular weight excluding hydrogens is 193 g/mol. The minimum absolute atomic E-state index is 0.162. The number of rotatable bonds is 1. The molecule has 0 fully saturated rings. The van der Waals surface area contributed by atoms with E-state index in [1.807, 2.05) is 0 Å². The van der Waals surface area contributed by atoms with E-state index in [4.69, 9.17) is 17.3 Å². The van der Waals surface area contributed by atoms with E-state index in [9.17, 15) is 4.39 Å². The van der Waals surface area contributed by atoms with E-state index in [1.54, 1.807) is 12.1 Å². The molecule has 0 aromatic carbocycles. The molecule has 0 amide bonds. The second-order valence-electron chi connectivity index (χ2n) is 2.59. The molecule has 0 aliphatic rings. The molecular formula is C8H7ClFN3. The molecule has 2 heterocycles. The van der Waals surface area contributed by atoms with Gasteiger partial charge >= 0.3 is 0 Å². The first-order chi connectivity index (χ1) is 6.24. The molecule has 0 aliphatic carbocycles. The lowest BCUT2D eigenvalue weighted by Gasteiger charge is -1.98. The summed E-state index contributed by atoms with van der Waals surface area (Å²) in [6, 6.07) is 4.61. The summed E-state index contributed by atoms with van der Waals surface area (Å²) in [5, 5.41) is 0.278. The Morgan fingerprint density at radius 1 is 1.54 bits per heavy atom. The van der Waals surface area contributed by atoms with Crippen LogP contribution in [0.15, 0.2) is 18.2 Å². The highest BCUT2D eigenvalue weighted by Crippen LogP contribution is 2.19. The molecule has 0 saturated heterocycles. The lowest BCUT2D eigenvalue weighted by Crippen LogP contribution is -2.04. The topological polar surface area (TPSA) is 43.3 Å². The van der Waals surface area contributed by atoms with Crippen LogP contribution in [-0.2, 0) is 6.54 Å². The molecule has 0 aliphatic heterocycles. The Kier molecular flexibility index (Phi) is 1.94. The van der Waals surface area contributed by atoms with Crippen molar-refractivity contribution in [3.05, 3.63) is 35.1 Å². The van der Waals surface area contributed by atoms with Crippen molar-refractivity contribution in [3.63, 3.8) is 0 Å². The van der Waals surface area contributed by atoms with Gasteiger partial charge in [0.2, 0.25) is 0 Å². The highest BCUT2D eigenvalue weighted by atomic mass is 35.5. The molecule has 0 unspecified atom stereocenters. The predicted molar refractivity (Wildman–Crippen MR) is 48.1 cm³/mol. The Labute approximate surface area is 78.9 Å². The van der Waals surface area contributed by atoms with Gasteiger partial charge in [0.15, 0.2) is 11.1 Å². The van der Waals surface area contributed by atoms with E-state index in [1.165, 1.54) is 10.5 Å². The molecule has 0 atom stereocenters. The van der Waals surface area contributed by atoms with Gasteiger partial charge in [-0.1, -0.05) is 17.7 Å². The number of hydrogen-bond donors (Lipinski definition) is 1. The standard InChI is InChI=1S/C8H7ClFN3/c9-8-5-2-1-3-6(10)13(5)7(4-11)12-8/h1-3H,4,11H2. The fraction of sp³-hybridized carbons (Fsp3) is 0.125. The van der Waals surface area contributed by atoms with Gasteiger partial charge in [-0.25, -0.2) is 4.98 Å². The molecule has 0 saturated carbocycles. The predicted octanol–water partition coefficient (Wildman–Crippen LogP) is 1.59. The summed E-state index contributed by atoms with van der Waals surface area (Å²) in [5.41, 5.74) is 5.93. The summed E-state index contributed by atoms with van der Waals surface area (Å²) in [7, 11) is 0. The summed E-state index contributed by atoms with van der Waals surface area (Å²) in [5.74, 6) is 0.0236. The van der Waals surface area contributed by atoms with Crippen molar-refractivity contribution in [2.75, 3.05) is 0 Å². The highest BCUT2D eigenvalue weighted by Gasteiger charge is 2.10. The van der Waals surface area contributed by atoms with Crippen LogP contribution in [0.3, 0.4) is 0 Å². The summed E-state index contributed by atoms with van der Waals surface area (Å²) in [4.78, 5) is 3.93. The van der Waals surface area contributed by atoms with Crippen LogP contribution in [0, 0.1) is 5.95 Å². The highest BCUT2D eigenvalue weighted by molar-refractivity contribution is 6.32. The first-order valence-corrected chi connectivity index (χ1v) is 4.13. The van der Waals surface area contributed by atoms with Gasteiger partial charge < -0.3 is 5.73 Å². The lowest BCUT2D eigenvalue weighted by molar-refractivity contribution is 0.558. The first kappa shape index (κ1) is 8.47. The molecule has 2 rings (SSSR count). The maximum Gasteiger partial charge on any atom is 0.199 e. The van der Waals surface area contributed by atoms with E-state index >= 15 is 0 Å². The Morgan fingerprint density at radius 3 is 3.00 bits per heavy atom. The van der Waals surface area contributed by atoms with Crippen LogP contribution in [0.25, 0.3) is 5.52 Å². The van der Waals surface area contributed by atoms with Gasteiger partial charge in [0.05, 0.1) is 12.1 Å². The van der Waals surface area contributed by atoms with Crippen LogP contribution in [0.5, 0.6) is 0 Å². The molecule has 0 bridgehead atoms. The van der Waals surface area contributed by atoms with Gasteiger partial charge in [-0.05, 0) is 12.1 Å². The van der Waals surface area contributed by atoms with E-state index < -0.39 is 5.95 Å². The van der Waals surface area contributed by atoms with Crippen molar-refractivity contribution < 1.29 is 4.39 Å². The Hall–Kier alpha value is -1.13. The monoisotopic (exact) mass is 199 g/mol. The third-order valence-electron chi connectivity index (χ3n) is 1.82. The van der Waals surface area contributed by atoms with E-state index in [0.717, 1.165) is 0 Å². The molecule has 13 heavy (non-hydrogen) atoms. The number of hydrogen-bond acceptors (Lipinski definition) is 2. The number of halogens is 2. The summed E-state index contributed by atoms with van der Waals surface area (Å²) >= 11 is 5.77. The Balaban J connectivity index is 2.89. The minimum atomic E-state index is -0.405. The SMILES string of the molecule is NCc1nc(Cl)c2cccc(F)n12. The molecule has 2 N–H and O–H groups in total. The third-order valence-corrected chi connectivity index (χ3v) is 2.10. The second kappa shape index (κ2) is 2.97. The van der Waals surface area contributed by atoms with Crippen LogP contribution in [0.1, 0.15) is 5.82 Å². The number of pyridine rings is 1. The van der Waals surface area contributed by atoms with Crippen molar-refractivity contribution in [2.45, 2.75) is 6.54 Å². The number of imidazole rings is 1. The first-order valence-electron chi connectivity index (χ1n) is 3.75. The molecule has 2 aromatic rings. The summed E-state index contributed by atoms with van der Waals surface area (Å²) < 4.78 is 14.6. The number of fused-ring (bicyclic) bond motifs is 1. The number of nitrogens with two attached hydrogens (primary N) is 1. The zero-order chi connectivity index (χ0) is 9.42. The Morgan fingerprint density at radius 2 is 2.31 bits per heavy atom. The Bertz CT molecular complexity index is 452. The van der Waals surface area contributed by atoms with Crippen molar-refractivity contribution >= 4 is 17.1 Å². The fourth-order valence-electron chi connectivity index (χ4n) is 1.26. The average molecular weight is 200 g/mol. The van der Waals surface area contributed by atoms with Crippen LogP contribution in [-0.4, -0.2) is 9.38 Å². The molecule has 5 heteroatoms. The maximum atomic E-state index is 13.3. The van der Waals surface area contributed by atoms with Crippen molar-refractivity contribution in [1.82, 2.24) is 9.38 Å². The molecule has 0 radical (unpaired) electrons. The van der Waals surface area contributed by atoms with Crippen molar-refractivity contribution in [2.24, 2.45) is 5.73 Å². The molecule has 3 nitrogen and oxygen atoms in total. The van der Waals surface area contributed by atoms with E-state index in [0.29, 0.717) is 11.3 Å². The van der Waals surface area contributed by atoms with Crippen LogP contribution < -0.4 is 5.73 Å². The average Bonchev–Trinajstić information content (AvgIpc) is 2.45. The number of nitrogens with zero attached hydrogens (tertiary/aromatic N) is 2. The third kappa shape index (κ3) is 1.18. The molecule has 2 aromatic heterocycles. The van der Waals surface area contributed by atoms with Crippen molar-refractivity contribution in [3.8, 4) is 0 Å². The molecule has 0 spiro atoms. The lowest BCUT2D eigenvalue weighted by atomic mass is 10.4. The maximum absolute atomic E-state index is 13.3. The van der Waals surface area contributed by atoms with Crippen LogP contribution in [0.2, 0.25) is 5.15 Å². The van der Waals surface area contributed by atoms with Crippen LogP contribution in [0.4, 0.5) is 4.39 Å².